The summed E-state index contributed by atoms with van der Waals surface area (Å²) in [5.41, 5.74) is 3.11. The number of nitrogens with zero attached hydrogens (tertiary/aromatic N) is 1. The lowest BCUT2D eigenvalue weighted by atomic mass is 9.99. The molecule has 32 heavy (non-hydrogen) atoms. The van der Waals surface area contributed by atoms with Crippen LogP contribution >= 0.6 is 0 Å². The molecule has 1 heterocycles. The fourth-order valence-corrected chi connectivity index (χ4v) is 3.30. The molecule has 0 aliphatic heterocycles. The van der Waals surface area contributed by atoms with Gasteiger partial charge in [0.05, 0.1) is 7.11 Å². The van der Waals surface area contributed by atoms with Crippen LogP contribution in [0.5, 0.6) is 11.5 Å². The average molecular weight is 426 g/mol. The second-order valence-corrected chi connectivity index (χ2v) is 7.08. The second kappa shape index (κ2) is 9.19. The van der Waals surface area contributed by atoms with Gasteiger partial charge in [-0.25, -0.2) is 4.39 Å². The molecule has 0 atom stereocenters. The van der Waals surface area contributed by atoms with Crippen LogP contribution in [0.15, 0.2) is 83.7 Å². The molecule has 4 aromatic rings. The molecule has 0 amide bonds. The van der Waals surface area contributed by atoms with Gasteiger partial charge < -0.3 is 14.5 Å². The van der Waals surface area contributed by atoms with Crippen molar-refractivity contribution in [2.45, 2.75) is 6.61 Å². The number of rotatable bonds is 6. The summed E-state index contributed by atoms with van der Waals surface area (Å²) in [6.45, 7) is 0.314. The SMILES string of the molecule is COc1ccc(-c2cc(-c3ccc(OCc4ccc(F)cc4)cc3)[nH]c(=O)c2C#N)cc1. The third-order valence-electron chi connectivity index (χ3n) is 5.03. The van der Waals surface area contributed by atoms with E-state index in [1.54, 1.807) is 49.6 Å². The summed E-state index contributed by atoms with van der Waals surface area (Å²) in [5.74, 6) is 1.04. The van der Waals surface area contributed by atoms with Crippen LogP contribution < -0.4 is 15.0 Å². The summed E-state index contributed by atoms with van der Waals surface area (Å²) in [6.07, 6.45) is 0. The van der Waals surface area contributed by atoms with E-state index in [9.17, 15) is 14.4 Å². The molecule has 6 heteroatoms. The van der Waals surface area contributed by atoms with Gasteiger partial charge in [0.15, 0.2) is 0 Å². The number of nitrogens with one attached hydrogen (secondary N) is 1. The number of aromatic amines is 1. The van der Waals surface area contributed by atoms with Crippen LogP contribution in [-0.2, 0) is 6.61 Å². The van der Waals surface area contributed by atoms with E-state index in [4.69, 9.17) is 9.47 Å². The minimum Gasteiger partial charge on any atom is -0.497 e. The Hall–Kier alpha value is -4.37. The normalized spacial score (nSPS) is 10.4. The van der Waals surface area contributed by atoms with Gasteiger partial charge in [-0.2, -0.15) is 5.26 Å². The summed E-state index contributed by atoms with van der Waals surface area (Å²) < 4.78 is 23.9. The number of pyridine rings is 1. The van der Waals surface area contributed by atoms with Crippen LogP contribution in [0.4, 0.5) is 4.39 Å². The lowest BCUT2D eigenvalue weighted by Gasteiger charge is -2.10. The molecule has 0 aliphatic rings. The van der Waals surface area contributed by atoms with Crippen molar-refractivity contribution in [2.75, 3.05) is 7.11 Å². The quantitative estimate of drug-likeness (QED) is 0.454. The number of methoxy groups -OCH3 is 1. The van der Waals surface area contributed by atoms with E-state index < -0.39 is 5.56 Å². The van der Waals surface area contributed by atoms with Crippen LogP contribution in [-0.4, -0.2) is 12.1 Å². The molecule has 0 aliphatic carbocycles. The third-order valence-corrected chi connectivity index (χ3v) is 5.03. The zero-order valence-corrected chi connectivity index (χ0v) is 17.3. The maximum absolute atomic E-state index is 13.0. The van der Waals surface area contributed by atoms with E-state index in [0.717, 1.165) is 16.7 Å². The molecule has 4 rings (SSSR count). The molecule has 1 aromatic heterocycles. The number of hydrogen-bond donors (Lipinski definition) is 1. The summed E-state index contributed by atoms with van der Waals surface area (Å²) >= 11 is 0. The first kappa shape index (κ1) is 20.9. The lowest BCUT2D eigenvalue weighted by molar-refractivity contribution is 0.306. The van der Waals surface area contributed by atoms with E-state index in [1.165, 1.54) is 12.1 Å². The van der Waals surface area contributed by atoms with Crippen LogP contribution in [0.2, 0.25) is 0 Å². The van der Waals surface area contributed by atoms with Gasteiger partial charge in [0.2, 0.25) is 0 Å². The second-order valence-electron chi connectivity index (χ2n) is 7.08. The molecule has 0 bridgehead atoms. The highest BCUT2D eigenvalue weighted by Crippen LogP contribution is 2.28. The molecule has 0 unspecified atom stereocenters. The first-order valence-electron chi connectivity index (χ1n) is 9.87. The highest BCUT2D eigenvalue weighted by Gasteiger charge is 2.13. The van der Waals surface area contributed by atoms with Crippen LogP contribution in [0.1, 0.15) is 11.1 Å². The van der Waals surface area contributed by atoms with Crippen LogP contribution in [0, 0.1) is 17.1 Å². The molecule has 0 saturated carbocycles. The van der Waals surface area contributed by atoms with E-state index in [2.05, 4.69) is 4.98 Å². The van der Waals surface area contributed by atoms with Gasteiger partial charge in [-0.15, -0.1) is 0 Å². The Bertz CT molecular complexity index is 1320. The summed E-state index contributed by atoms with van der Waals surface area (Å²) in [4.78, 5) is 15.3. The topological polar surface area (TPSA) is 75.1 Å². The zero-order chi connectivity index (χ0) is 22.5. The van der Waals surface area contributed by atoms with Crippen molar-refractivity contribution in [1.82, 2.24) is 4.98 Å². The number of H-pyrrole nitrogens is 1. The Morgan fingerprint density at radius 1 is 0.906 bits per heavy atom. The van der Waals surface area contributed by atoms with Gasteiger partial charge >= 0.3 is 0 Å². The maximum atomic E-state index is 13.0. The van der Waals surface area contributed by atoms with Crippen molar-refractivity contribution in [3.8, 4) is 40.0 Å². The molecule has 0 fully saturated rings. The lowest BCUT2D eigenvalue weighted by Crippen LogP contribution is -2.12. The number of hydrogen-bond acceptors (Lipinski definition) is 4. The molecule has 0 spiro atoms. The molecular weight excluding hydrogens is 407 g/mol. The third kappa shape index (κ3) is 4.52. The van der Waals surface area contributed by atoms with Gasteiger partial charge in [0, 0.05) is 11.3 Å². The minimum atomic E-state index is -0.451. The van der Waals surface area contributed by atoms with Crippen molar-refractivity contribution in [1.29, 1.82) is 5.26 Å². The maximum Gasteiger partial charge on any atom is 0.266 e. The first-order chi connectivity index (χ1) is 15.6. The van der Waals surface area contributed by atoms with Gasteiger partial charge in [-0.05, 0) is 71.3 Å². The van der Waals surface area contributed by atoms with Gasteiger partial charge in [-0.3, -0.25) is 4.79 Å². The Morgan fingerprint density at radius 3 is 2.16 bits per heavy atom. The minimum absolute atomic E-state index is 0.0539. The van der Waals surface area contributed by atoms with Crippen molar-refractivity contribution >= 4 is 0 Å². The standard InChI is InChI=1S/C26H19FN2O3/c1-31-21-10-4-18(5-11-21)23-14-25(29-26(30)24(23)15-28)19-6-12-22(13-7-19)32-16-17-2-8-20(27)9-3-17/h2-14H,16H2,1H3,(H,29,30). The van der Waals surface area contributed by atoms with Crippen molar-refractivity contribution < 1.29 is 13.9 Å². The predicted molar refractivity (Wildman–Crippen MR) is 120 cm³/mol. The van der Waals surface area contributed by atoms with Gasteiger partial charge in [0.25, 0.3) is 5.56 Å². The van der Waals surface area contributed by atoms with Gasteiger partial charge in [-0.1, -0.05) is 24.3 Å². The van der Waals surface area contributed by atoms with Crippen molar-refractivity contribution in [2.24, 2.45) is 0 Å². The number of benzene rings is 3. The fraction of sp³-hybridized carbons (Fsp3) is 0.0769. The molecule has 0 radical (unpaired) electrons. The summed E-state index contributed by atoms with van der Waals surface area (Å²) in [7, 11) is 1.58. The number of nitriles is 1. The smallest absolute Gasteiger partial charge is 0.266 e. The Balaban J connectivity index is 1.60. The predicted octanol–water partition coefficient (Wildman–Crippen LogP) is 5.31. The fourth-order valence-electron chi connectivity index (χ4n) is 3.30. The Kier molecular flexibility index (Phi) is 6.00. The van der Waals surface area contributed by atoms with E-state index in [-0.39, 0.29) is 11.4 Å². The van der Waals surface area contributed by atoms with E-state index >= 15 is 0 Å². The number of aromatic nitrogens is 1. The zero-order valence-electron chi connectivity index (χ0n) is 17.3. The molecule has 5 nitrogen and oxygen atoms in total. The Morgan fingerprint density at radius 2 is 1.53 bits per heavy atom. The molecule has 1 N–H and O–H groups in total. The monoisotopic (exact) mass is 426 g/mol. The average Bonchev–Trinajstić information content (AvgIpc) is 2.83. The van der Waals surface area contributed by atoms with Crippen LogP contribution in [0.3, 0.4) is 0 Å². The molecule has 0 saturated heterocycles. The highest BCUT2D eigenvalue weighted by atomic mass is 19.1. The number of ether oxygens (including phenoxy) is 2. The summed E-state index contributed by atoms with van der Waals surface area (Å²) in [6, 6.07) is 24.3. The molecule has 3 aromatic carbocycles. The van der Waals surface area contributed by atoms with Crippen molar-refractivity contribution in [3.63, 3.8) is 0 Å². The number of halogens is 1. The van der Waals surface area contributed by atoms with E-state index in [1.807, 2.05) is 30.3 Å². The summed E-state index contributed by atoms with van der Waals surface area (Å²) in [5, 5.41) is 9.50. The van der Waals surface area contributed by atoms with Crippen molar-refractivity contribution in [3.05, 3.63) is 106 Å². The highest BCUT2D eigenvalue weighted by molar-refractivity contribution is 5.75. The molecule has 158 valence electrons. The van der Waals surface area contributed by atoms with Crippen LogP contribution in [0.25, 0.3) is 22.4 Å². The molecular formula is C26H19FN2O3. The first-order valence-corrected chi connectivity index (χ1v) is 9.87. The van der Waals surface area contributed by atoms with Gasteiger partial charge in [0.1, 0.15) is 35.6 Å². The largest absolute Gasteiger partial charge is 0.497 e. The van der Waals surface area contributed by atoms with E-state index in [0.29, 0.717) is 29.4 Å². The Labute approximate surface area is 184 Å².